The van der Waals surface area contributed by atoms with Crippen LogP contribution < -0.4 is 21.4 Å². The van der Waals surface area contributed by atoms with Crippen molar-refractivity contribution in [1.29, 1.82) is 0 Å². The molecule has 0 aliphatic carbocycles. The summed E-state index contributed by atoms with van der Waals surface area (Å²) in [4.78, 5) is 33.1. The van der Waals surface area contributed by atoms with Crippen molar-refractivity contribution < 1.29 is 24.3 Å². The number of hydrogen-bond donors (Lipinski definition) is 4. The van der Waals surface area contributed by atoms with Crippen LogP contribution in [0.25, 0.3) is 0 Å². The number of hydrogen-bond acceptors (Lipinski definition) is 6. The number of benzene rings is 1. The van der Waals surface area contributed by atoms with Gasteiger partial charge in [-0.3, -0.25) is 19.6 Å². The molecular weight excluding hydrogens is 316 g/mol. The average molecular weight is 336 g/mol. The number of para-hydroxylation sites is 1. The molecule has 0 aliphatic rings. The zero-order chi connectivity index (χ0) is 17.8. The quantitative estimate of drug-likeness (QED) is 0.207. The van der Waals surface area contributed by atoms with Crippen molar-refractivity contribution in [3.8, 4) is 5.75 Å². The van der Waals surface area contributed by atoms with Crippen molar-refractivity contribution in [2.75, 3.05) is 6.61 Å². The number of nitrogens with zero attached hydrogens (tertiary/aromatic N) is 1. The maximum Gasteiger partial charge on any atom is 0.255 e. The third-order valence-corrected chi connectivity index (χ3v) is 2.86. The minimum Gasteiger partial charge on any atom is -0.483 e. The first-order chi connectivity index (χ1) is 11.5. The average Bonchev–Trinajstić information content (AvgIpc) is 2.57. The molecule has 0 fully saturated rings. The Labute approximate surface area is 138 Å². The highest BCUT2D eigenvalue weighted by molar-refractivity contribution is 5.85. The van der Waals surface area contributed by atoms with Crippen LogP contribution in [-0.2, 0) is 14.4 Å². The van der Waals surface area contributed by atoms with E-state index in [1.54, 1.807) is 24.3 Å². The molecule has 3 amide bonds. The third-order valence-electron chi connectivity index (χ3n) is 2.86. The van der Waals surface area contributed by atoms with Gasteiger partial charge in [0.15, 0.2) is 6.61 Å². The molecule has 0 saturated carbocycles. The van der Waals surface area contributed by atoms with Gasteiger partial charge in [0.2, 0.25) is 11.8 Å². The van der Waals surface area contributed by atoms with Gasteiger partial charge in [0.25, 0.3) is 5.91 Å². The van der Waals surface area contributed by atoms with E-state index in [9.17, 15) is 14.4 Å². The lowest BCUT2D eigenvalue weighted by Crippen LogP contribution is -2.20. The number of hydrazone groups is 1. The van der Waals surface area contributed by atoms with Crippen LogP contribution >= 0.6 is 0 Å². The standard InChI is InChI=1S/C15H20N4O5/c16-13(20)10-24-12-6-2-1-5-11(12)9-17-18-14(21)7-3-4-8-15(22)19-23/h1-2,5-6,9,23H,3-4,7-8,10H2,(H2,16,20)(H,18,21)(H,19,22)/b17-9+. The van der Waals surface area contributed by atoms with Gasteiger partial charge < -0.3 is 10.5 Å². The molecule has 9 nitrogen and oxygen atoms in total. The summed E-state index contributed by atoms with van der Waals surface area (Å²) in [6.07, 6.45) is 2.72. The molecule has 1 rings (SSSR count). The molecule has 0 bridgehead atoms. The number of nitrogens with one attached hydrogen (secondary N) is 2. The molecular formula is C15H20N4O5. The lowest BCUT2D eigenvalue weighted by molar-refractivity contribution is -0.129. The highest BCUT2D eigenvalue weighted by atomic mass is 16.5. The number of carbonyl (C=O) groups excluding carboxylic acids is 3. The molecule has 130 valence electrons. The molecule has 24 heavy (non-hydrogen) atoms. The summed E-state index contributed by atoms with van der Waals surface area (Å²) in [5.74, 6) is -0.957. The van der Waals surface area contributed by atoms with Crippen LogP contribution in [0.15, 0.2) is 29.4 Å². The van der Waals surface area contributed by atoms with Gasteiger partial charge in [-0.05, 0) is 25.0 Å². The number of rotatable bonds is 10. The molecule has 0 atom stereocenters. The van der Waals surface area contributed by atoms with Crippen molar-refractivity contribution >= 4 is 23.9 Å². The number of nitrogens with two attached hydrogens (primary N) is 1. The van der Waals surface area contributed by atoms with Crippen LogP contribution in [-0.4, -0.2) is 35.8 Å². The number of primary amides is 1. The van der Waals surface area contributed by atoms with E-state index in [4.69, 9.17) is 15.7 Å². The van der Waals surface area contributed by atoms with Crippen molar-refractivity contribution in [2.45, 2.75) is 25.7 Å². The second-order valence-corrected chi connectivity index (χ2v) is 4.83. The highest BCUT2D eigenvalue weighted by Crippen LogP contribution is 2.15. The van der Waals surface area contributed by atoms with E-state index >= 15 is 0 Å². The Morgan fingerprint density at radius 3 is 2.50 bits per heavy atom. The van der Waals surface area contributed by atoms with Crippen molar-refractivity contribution in [1.82, 2.24) is 10.9 Å². The zero-order valence-corrected chi connectivity index (χ0v) is 13.0. The second-order valence-electron chi connectivity index (χ2n) is 4.83. The van der Waals surface area contributed by atoms with Gasteiger partial charge in [0.1, 0.15) is 5.75 Å². The summed E-state index contributed by atoms with van der Waals surface area (Å²) >= 11 is 0. The number of hydroxylamine groups is 1. The first-order valence-corrected chi connectivity index (χ1v) is 7.28. The minimum absolute atomic E-state index is 0.150. The summed E-state index contributed by atoms with van der Waals surface area (Å²) in [6.45, 7) is -0.251. The van der Waals surface area contributed by atoms with Crippen LogP contribution in [0.2, 0.25) is 0 Å². The SMILES string of the molecule is NC(=O)COc1ccccc1/C=N/NC(=O)CCCCC(=O)NO. The molecule has 0 aromatic heterocycles. The third kappa shape index (κ3) is 7.90. The Morgan fingerprint density at radius 1 is 1.17 bits per heavy atom. The maximum atomic E-state index is 11.6. The number of carbonyl (C=O) groups is 3. The Bertz CT molecular complexity index is 603. The molecule has 5 N–H and O–H groups in total. The van der Waals surface area contributed by atoms with Crippen LogP contribution in [0.1, 0.15) is 31.2 Å². The van der Waals surface area contributed by atoms with E-state index in [1.165, 1.54) is 11.7 Å². The molecule has 0 spiro atoms. The fraction of sp³-hybridized carbons (Fsp3) is 0.333. The largest absolute Gasteiger partial charge is 0.483 e. The van der Waals surface area contributed by atoms with Crippen LogP contribution in [0.3, 0.4) is 0 Å². The van der Waals surface area contributed by atoms with E-state index in [0.29, 0.717) is 24.2 Å². The monoisotopic (exact) mass is 336 g/mol. The van der Waals surface area contributed by atoms with Crippen LogP contribution in [0, 0.1) is 0 Å². The Morgan fingerprint density at radius 2 is 1.83 bits per heavy atom. The fourth-order valence-corrected chi connectivity index (χ4v) is 1.72. The normalized spacial score (nSPS) is 10.4. The molecule has 1 aromatic rings. The maximum absolute atomic E-state index is 11.6. The Balaban J connectivity index is 2.39. The van der Waals surface area contributed by atoms with E-state index in [-0.39, 0.29) is 25.4 Å². The topological polar surface area (TPSA) is 143 Å². The van der Waals surface area contributed by atoms with Crippen LogP contribution in [0.5, 0.6) is 5.75 Å². The smallest absolute Gasteiger partial charge is 0.255 e. The van der Waals surface area contributed by atoms with E-state index < -0.39 is 11.8 Å². The minimum atomic E-state index is -0.593. The lowest BCUT2D eigenvalue weighted by atomic mass is 10.2. The number of unbranched alkanes of at least 4 members (excludes halogenated alkanes) is 1. The van der Waals surface area contributed by atoms with Gasteiger partial charge in [-0.1, -0.05) is 12.1 Å². The van der Waals surface area contributed by atoms with E-state index in [0.717, 1.165) is 0 Å². The number of ether oxygens (including phenoxy) is 1. The molecule has 0 saturated heterocycles. The molecule has 0 radical (unpaired) electrons. The lowest BCUT2D eigenvalue weighted by Gasteiger charge is -2.06. The second kappa shape index (κ2) is 10.7. The Hall–Kier alpha value is -2.94. The zero-order valence-electron chi connectivity index (χ0n) is 13.0. The highest BCUT2D eigenvalue weighted by Gasteiger charge is 2.04. The molecule has 9 heteroatoms. The van der Waals surface area contributed by atoms with Crippen molar-refractivity contribution in [3.63, 3.8) is 0 Å². The van der Waals surface area contributed by atoms with Gasteiger partial charge in [0.05, 0.1) is 6.21 Å². The first-order valence-electron chi connectivity index (χ1n) is 7.28. The summed E-state index contributed by atoms with van der Waals surface area (Å²) in [5.41, 5.74) is 9.49. The number of amides is 3. The van der Waals surface area contributed by atoms with E-state index in [1.807, 2.05) is 0 Å². The van der Waals surface area contributed by atoms with Crippen molar-refractivity contribution in [3.05, 3.63) is 29.8 Å². The molecule has 0 unspecified atom stereocenters. The van der Waals surface area contributed by atoms with Crippen molar-refractivity contribution in [2.24, 2.45) is 10.8 Å². The fourth-order valence-electron chi connectivity index (χ4n) is 1.72. The van der Waals surface area contributed by atoms with Crippen LogP contribution in [0.4, 0.5) is 0 Å². The van der Waals surface area contributed by atoms with E-state index in [2.05, 4.69) is 10.5 Å². The summed E-state index contributed by atoms with van der Waals surface area (Å²) < 4.78 is 5.23. The first kappa shape index (κ1) is 19.1. The van der Waals surface area contributed by atoms with Gasteiger partial charge >= 0.3 is 0 Å². The van der Waals surface area contributed by atoms with Gasteiger partial charge in [-0.2, -0.15) is 5.10 Å². The molecule has 1 aromatic carbocycles. The predicted molar refractivity (Wildman–Crippen MR) is 85.3 cm³/mol. The Kier molecular flexibility index (Phi) is 8.54. The van der Waals surface area contributed by atoms with Gasteiger partial charge in [0, 0.05) is 18.4 Å². The van der Waals surface area contributed by atoms with Gasteiger partial charge in [-0.15, -0.1) is 0 Å². The summed E-state index contributed by atoms with van der Waals surface area (Å²) in [7, 11) is 0. The summed E-state index contributed by atoms with van der Waals surface area (Å²) in [5, 5.41) is 12.1. The summed E-state index contributed by atoms with van der Waals surface area (Å²) in [6, 6.07) is 6.85. The predicted octanol–water partition coefficient (Wildman–Crippen LogP) is 0.0666. The molecule has 0 heterocycles. The molecule has 0 aliphatic heterocycles. The van der Waals surface area contributed by atoms with Gasteiger partial charge in [-0.25, -0.2) is 10.9 Å².